The first-order chi connectivity index (χ1) is 9.85. The number of ether oxygens (including phenoxy) is 2. The third-order valence-electron chi connectivity index (χ3n) is 3.30. The summed E-state index contributed by atoms with van der Waals surface area (Å²) in [5, 5.41) is 0. The smallest absolute Gasteiger partial charge is 0.309 e. The summed E-state index contributed by atoms with van der Waals surface area (Å²) >= 11 is 0. The van der Waals surface area contributed by atoms with Gasteiger partial charge in [0.2, 0.25) is 0 Å². The highest BCUT2D eigenvalue weighted by Crippen LogP contribution is 2.42. The van der Waals surface area contributed by atoms with Crippen LogP contribution in [0.1, 0.15) is 39.2 Å². The molecule has 4 heteroatoms. The topological polar surface area (TPSA) is 52.6 Å². The van der Waals surface area contributed by atoms with Crippen LogP contribution in [0.3, 0.4) is 0 Å². The van der Waals surface area contributed by atoms with E-state index in [1.165, 1.54) is 0 Å². The average molecular weight is 290 g/mol. The van der Waals surface area contributed by atoms with Crippen LogP contribution in [0.25, 0.3) is 0 Å². The lowest BCUT2D eigenvalue weighted by Gasteiger charge is -2.19. The molecule has 4 nitrogen and oxygen atoms in total. The minimum absolute atomic E-state index is 0.0723. The molecule has 2 rings (SSSR count). The van der Waals surface area contributed by atoms with Crippen molar-refractivity contribution in [3.8, 4) is 0 Å². The molecule has 0 N–H and O–H groups in total. The molecule has 114 valence electrons. The van der Waals surface area contributed by atoms with Gasteiger partial charge in [-0.15, -0.1) is 0 Å². The minimum Gasteiger partial charge on any atom is -0.461 e. The van der Waals surface area contributed by atoms with Crippen molar-refractivity contribution in [2.24, 2.45) is 11.8 Å². The second-order valence-electron chi connectivity index (χ2n) is 6.49. The molecule has 21 heavy (non-hydrogen) atoms. The van der Waals surface area contributed by atoms with E-state index < -0.39 is 5.60 Å². The summed E-state index contributed by atoms with van der Waals surface area (Å²) in [4.78, 5) is 23.6. The lowest BCUT2D eigenvalue weighted by molar-refractivity contribution is -0.155. The fourth-order valence-electron chi connectivity index (χ4n) is 2.19. The number of esters is 2. The number of carbonyl (C=O) groups is 2. The first kappa shape index (κ1) is 15.5. The predicted molar refractivity (Wildman–Crippen MR) is 78.3 cm³/mol. The number of carbonyl (C=O) groups excluding carboxylic acids is 2. The van der Waals surface area contributed by atoms with Gasteiger partial charge in [-0.25, -0.2) is 0 Å². The second kappa shape index (κ2) is 6.29. The maximum Gasteiger partial charge on any atom is 0.309 e. The number of hydrogen-bond acceptors (Lipinski definition) is 4. The van der Waals surface area contributed by atoms with Gasteiger partial charge in [-0.3, -0.25) is 9.59 Å². The van der Waals surface area contributed by atoms with Crippen LogP contribution in [0.2, 0.25) is 0 Å². The third-order valence-corrected chi connectivity index (χ3v) is 3.30. The van der Waals surface area contributed by atoms with Gasteiger partial charge >= 0.3 is 11.9 Å². The maximum absolute atomic E-state index is 11.9. The number of hydrogen-bond donors (Lipinski definition) is 0. The molecule has 2 atom stereocenters. The molecule has 1 fully saturated rings. The Morgan fingerprint density at radius 1 is 1.19 bits per heavy atom. The molecule has 0 aliphatic heterocycles. The average Bonchev–Trinajstić information content (AvgIpc) is 3.14. The van der Waals surface area contributed by atoms with Crippen molar-refractivity contribution in [3.05, 3.63) is 35.9 Å². The molecule has 0 heterocycles. The van der Waals surface area contributed by atoms with Crippen molar-refractivity contribution in [2.75, 3.05) is 0 Å². The van der Waals surface area contributed by atoms with Crippen molar-refractivity contribution in [1.29, 1.82) is 0 Å². The normalized spacial score (nSPS) is 20.7. The molecule has 1 aliphatic carbocycles. The van der Waals surface area contributed by atoms with Gasteiger partial charge in [0.25, 0.3) is 0 Å². The molecule has 1 aromatic carbocycles. The van der Waals surface area contributed by atoms with Gasteiger partial charge in [-0.1, -0.05) is 30.3 Å². The maximum atomic E-state index is 11.9. The van der Waals surface area contributed by atoms with Crippen molar-refractivity contribution < 1.29 is 19.1 Å². The third kappa shape index (κ3) is 5.21. The summed E-state index contributed by atoms with van der Waals surface area (Å²) in [5.74, 6) is -0.539. The van der Waals surface area contributed by atoms with E-state index >= 15 is 0 Å². The van der Waals surface area contributed by atoms with Crippen LogP contribution in [0.4, 0.5) is 0 Å². The molecule has 1 aliphatic rings. The first-order valence-electron chi connectivity index (χ1n) is 7.27. The van der Waals surface area contributed by atoms with Crippen LogP contribution in [-0.2, 0) is 25.7 Å². The molecular weight excluding hydrogens is 268 g/mol. The molecule has 0 spiro atoms. The fraction of sp³-hybridized carbons (Fsp3) is 0.529. The van der Waals surface area contributed by atoms with Crippen molar-refractivity contribution >= 4 is 11.9 Å². The van der Waals surface area contributed by atoms with Gasteiger partial charge in [0.15, 0.2) is 0 Å². The number of rotatable bonds is 5. The highest BCUT2D eigenvalue weighted by Gasteiger charge is 2.45. The van der Waals surface area contributed by atoms with Crippen molar-refractivity contribution in [1.82, 2.24) is 0 Å². The number of benzene rings is 1. The minimum atomic E-state index is -0.477. The van der Waals surface area contributed by atoms with Crippen LogP contribution in [0.5, 0.6) is 0 Å². The second-order valence-corrected chi connectivity index (χ2v) is 6.49. The first-order valence-corrected chi connectivity index (χ1v) is 7.27. The largest absolute Gasteiger partial charge is 0.461 e. The summed E-state index contributed by atoms with van der Waals surface area (Å²) < 4.78 is 10.5. The molecule has 2 unspecified atom stereocenters. The van der Waals surface area contributed by atoms with Gasteiger partial charge in [0.1, 0.15) is 12.2 Å². The van der Waals surface area contributed by atoms with Gasteiger partial charge in [0, 0.05) is 6.42 Å². The summed E-state index contributed by atoms with van der Waals surface area (Å²) in [5.41, 5.74) is 0.491. The lowest BCUT2D eigenvalue weighted by Crippen LogP contribution is -2.24. The predicted octanol–water partition coefficient (Wildman–Crippen LogP) is 3.10. The Labute approximate surface area is 125 Å². The highest BCUT2D eigenvalue weighted by molar-refractivity contribution is 5.78. The zero-order valence-electron chi connectivity index (χ0n) is 12.8. The van der Waals surface area contributed by atoms with E-state index in [0.717, 1.165) is 5.56 Å². The summed E-state index contributed by atoms with van der Waals surface area (Å²) in [6.07, 6.45) is 1.01. The fourth-order valence-corrected chi connectivity index (χ4v) is 2.19. The van der Waals surface area contributed by atoms with Gasteiger partial charge in [-0.05, 0) is 38.7 Å². The van der Waals surface area contributed by atoms with Crippen molar-refractivity contribution in [3.63, 3.8) is 0 Å². The van der Waals surface area contributed by atoms with Crippen LogP contribution in [0.15, 0.2) is 30.3 Å². The zero-order valence-corrected chi connectivity index (χ0v) is 12.8. The van der Waals surface area contributed by atoms with E-state index in [9.17, 15) is 9.59 Å². The summed E-state index contributed by atoms with van der Waals surface area (Å²) in [6.45, 7) is 5.80. The summed E-state index contributed by atoms with van der Waals surface area (Å²) in [6, 6.07) is 9.57. The molecular formula is C17H22O4. The van der Waals surface area contributed by atoms with Gasteiger partial charge < -0.3 is 9.47 Å². The SMILES string of the molecule is CC(C)(C)OC(=O)CC1CC1C(=O)OCc1ccccc1. The van der Waals surface area contributed by atoms with Crippen LogP contribution >= 0.6 is 0 Å². The van der Waals surface area contributed by atoms with Crippen LogP contribution in [-0.4, -0.2) is 17.5 Å². The van der Waals surface area contributed by atoms with Crippen LogP contribution in [0, 0.1) is 11.8 Å². The van der Waals surface area contributed by atoms with E-state index in [0.29, 0.717) is 12.8 Å². The summed E-state index contributed by atoms with van der Waals surface area (Å²) in [7, 11) is 0. The van der Waals surface area contributed by atoms with E-state index in [2.05, 4.69) is 0 Å². The van der Waals surface area contributed by atoms with E-state index in [4.69, 9.17) is 9.47 Å². The standard InChI is InChI=1S/C17H22O4/c1-17(2,3)21-15(18)10-13-9-14(13)16(19)20-11-12-7-5-4-6-8-12/h4-8,13-14H,9-11H2,1-3H3. The van der Waals surface area contributed by atoms with Gasteiger partial charge in [-0.2, -0.15) is 0 Å². The molecule has 0 saturated heterocycles. The van der Waals surface area contributed by atoms with Gasteiger partial charge in [0.05, 0.1) is 5.92 Å². The Morgan fingerprint density at radius 3 is 2.48 bits per heavy atom. The quantitative estimate of drug-likeness (QED) is 0.782. The Balaban J connectivity index is 1.71. The molecule has 0 bridgehead atoms. The molecule has 0 aromatic heterocycles. The molecule has 1 aromatic rings. The Bertz CT molecular complexity index is 501. The highest BCUT2D eigenvalue weighted by atomic mass is 16.6. The van der Waals surface area contributed by atoms with E-state index in [1.807, 2.05) is 51.1 Å². The van der Waals surface area contributed by atoms with E-state index in [1.54, 1.807) is 0 Å². The Kier molecular flexibility index (Phi) is 4.66. The van der Waals surface area contributed by atoms with Crippen LogP contribution < -0.4 is 0 Å². The zero-order chi connectivity index (χ0) is 15.5. The molecule has 0 radical (unpaired) electrons. The molecule has 0 amide bonds. The molecule has 1 saturated carbocycles. The Morgan fingerprint density at radius 2 is 1.86 bits per heavy atom. The van der Waals surface area contributed by atoms with E-state index in [-0.39, 0.29) is 30.4 Å². The Hall–Kier alpha value is -1.84. The van der Waals surface area contributed by atoms with Crippen molar-refractivity contribution in [2.45, 2.75) is 45.8 Å². The lowest BCUT2D eigenvalue weighted by atomic mass is 10.2. The monoisotopic (exact) mass is 290 g/mol.